The van der Waals surface area contributed by atoms with Crippen molar-refractivity contribution in [2.24, 2.45) is 0 Å². The van der Waals surface area contributed by atoms with Crippen LogP contribution in [0.2, 0.25) is 0 Å². The minimum absolute atomic E-state index is 0.179. The van der Waals surface area contributed by atoms with Crippen molar-refractivity contribution < 1.29 is 14.3 Å². The van der Waals surface area contributed by atoms with Crippen LogP contribution in [-0.4, -0.2) is 18.5 Å². The maximum atomic E-state index is 12.7. The Morgan fingerprint density at radius 1 is 1.25 bits per heavy atom. The summed E-state index contributed by atoms with van der Waals surface area (Å²) >= 11 is 1.50. The van der Waals surface area contributed by atoms with Gasteiger partial charge >= 0.3 is 5.97 Å². The Bertz CT molecular complexity index is 807. The maximum absolute atomic E-state index is 12.7. The first kappa shape index (κ1) is 16.7. The zero-order valence-electron chi connectivity index (χ0n) is 14.2. The summed E-state index contributed by atoms with van der Waals surface area (Å²) in [5.74, 6) is -0.519. The molecule has 0 radical (unpaired) electrons. The van der Waals surface area contributed by atoms with Crippen molar-refractivity contribution >= 4 is 28.2 Å². The molecule has 0 fully saturated rings. The van der Waals surface area contributed by atoms with Crippen LogP contribution in [0.5, 0.6) is 0 Å². The molecule has 5 heteroatoms. The molecule has 1 N–H and O–H groups in total. The molecule has 0 saturated heterocycles. The second-order valence-electron chi connectivity index (χ2n) is 6.05. The molecule has 2 aromatic rings. The second-order valence-corrected chi connectivity index (χ2v) is 7.16. The number of aryl methyl sites for hydroxylation is 3. The van der Waals surface area contributed by atoms with E-state index < -0.39 is 0 Å². The van der Waals surface area contributed by atoms with E-state index in [-0.39, 0.29) is 11.9 Å². The quantitative estimate of drug-likeness (QED) is 0.843. The number of rotatable bonds is 4. The summed E-state index contributed by atoms with van der Waals surface area (Å²) in [5, 5.41) is 3.56. The Morgan fingerprint density at radius 2 is 2.04 bits per heavy atom. The van der Waals surface area contributed by atoms with Gasteiger partial charge in [0.2, 0.25) is 0 Å². The van der Waals surface area contributed by atoms with Gasteiger partial charge in [0.25, 0.3) is 5.91 Å². The van der Waals surface area contributed by atoms with Gasteiger partial charge in [0.1, 0.15) is 5.00 Å². The highest BCUT2D eigenvalue weighted by atomic mass is 32.1. The van der Waals surface area contributed by atoms with Gasteiger partial charge in [-0.25, -0.2) is 4.79 Å². The van der Waals surface area contributed by atoms with Crippen molar-refractivity contribution in [3.8, 4) is 0 Å². The molecule has 1 amide bonds. The summed E-state index contributed by atoms with van der Waals surface area (Å²) < 4.78 is 5.20. The van der Waals surface area contributed by atoms with Gasteiger partial charge < -0.3 is 10.1 Å². The van der Waals surface area contributed by atoms with Crippen LogP contribution in [0.15, 0.2) is 18.2 Å². The number of ether oxygens (including phenoxy) is 1. The first-order valence-electron chi connectivity index (χ1n) is 8.21. The zero-order valence-corrected chi connectivity index (χ0v) is 15.0. The molecular weight excluding hydrogens is 322 g/mol. The molecule has 0 spiro atoms. The van der Waals surface area contributed by atoms with Gasteiger partial charge in [-0.2, -0.15) is 0 Å². The number of amides is 1. The first-order chi connectivity index (χ1) is 11.5. The molecule has 0 atom stereocenters. The lowest BCUT2D eigenvalue weighted by Crippen LogP contribution is -2.16. The highest BCUT2D eigenvalue weighted by Crippen LogP contribution is 2.39. The number of nitrogens with one attached hydrogen (secondary N) is 1. The monoisotopic (exact) mass is 343 g/mol. The van der Waals surface area contributed by atoms with Crippen LogP contribution in [0.25, 0.3) is 0 Å². The molecule has 4 nitrogen and oxygen atoms in total. The van der Waals surface area contributed by atoms with Gasteiger partial charge in [-0.15, -0.1) is 11.3 Å². The number of carbonyl (C=O) groups is 2. The lowest BCUT2D eigenvalue weighted by Gasteiger charge is -2.10. The lowest BCUT2D eigenvalue weighted by atomic mass is 10.0. The highest BCUT2D eigenvalue weighted by molar-refractivity contribution is 7.17. The van der Waals surface area contributed by atoms with Crippen LogP contribution < -0.4 is 5.32 Å². The van der Waals surface area contributed by atoms with Crippen molar-refractivity contribution in [1.82, 2.24) is 0 Å². The molecule has 1 heterocycles. The van der Waals surface area contributed by atoms with Crippen LogP contribution >= 0.6 is 11.3 Å². The summed E-state index contributed by atoms with van der Waals surface area (Å²) in [5.41, 5.74) is 4.19. The van der Waals surface area contributed by atoms with Gasteiger partial charge in [0.15, 0.2) is 0 Å². The first-order valence-corrected chi connectivity index (χ1v) is 9.03. The van der Waals surface area contributed by atoms with E-state index in [2.05, 4.69) is 5.32 Å². The van der Waals surface area contributed by atoms with Crippen molar-refractivity contribution in [2.75, 3.05) is 11.9 Å². The van der Waals surface area contributed by atoms with Gasteiger partial charge in [0.05, 0.1) is 12.2 Å². The van der Waals surface area contributed by atoms with Gasteiger partial charge in [-0.05, 0) is 57.2 Å². The summed E-state index contributed by atoms with van der Waals surface area (Å²) in [6, 6.07) is 5.79. The Labute approximate surface area is 145 Å². The summed E-state index contributed by atoms with van der Waals surface area (Å²) in [6.07, 6.45) is 2.89. The molecule has 1 aliphatic carbocycles. The Balaban J connectivity index is 1.94. The van der Waals surface area contributed by atoms with Crippen LogP contribution in [0.4, 0.5) is 5.00 Å². The van der Waals surface area contributed by atoms with E-state index in [1.54, 1.807) is 6.92 Å². The average Bonchev–Trinajstić information content (AvgIpc) is 3.10. The third-order valence-corrected chi connectivity index (χ3v) is 5.47. The van der Waals surface area contributed by atoms with Crippen molar-refractivity contribution in [1.29, 1.82) is 0 Å². The number of benzene rings is 1. The molecule has 0 aliphatic heterocycles. The maximum Gasteiger partial charge on any atom is 0.341 e. The number of carbonyl (C=O) groups excluding carboxylic acids is 2. The minimum atomic E-state index is -0.340. The summed E-state index contributed by atoms with van der Waals surface area (Å²) in [6.45, 7) is 5.99. The fourth-order valence-electron chi connectivity index (χ4n) is 3.06. The Morgan fingerprint density at radius 3 is 2.79 bits per heavy atom. The molecule has 24 heavy (non-hydrogen) atoms. The minimum Gasteiger partial charge on any atom is -0.462 e. The number of esters is 1. The SMILES string of the molecule is CCOC(=O)c1c(NC(=O)c2cc(C)ccc2C)sc2c1CCC2. The van der Waals surface area contributed by atoms with Crippen LogP contribution in [0.3, 0.4) is 0 Å². The lowest BCUT2D eigenvalue weighted by molar-refractivity contribution is 0.0527. The molecule has 0 saturated carbocycles. The summed E-state index contributed by atoms with van der Waals surface area (Å²) in [7, 11) is 0. The zero-order chi connectivity index (χ0) is 17.3. The smallest absolute Gasteiger partial charge is 0.341 e. The topological polar surface area (TPSA) is 55.4 Å². The fraction of sp³-hybridized carbons (Fsp3) is 0.368. The highest BCUT2D eigenvalue weighted by Gasteiger charge is 2.28. The number of anilines is 1. The average molecular weight is 343 g/mol. The van der Waals surface area contributed by atoms with E-state index in [1.165, 1.54) is 16.2 Å². The molecule has 0 unspecified atom stereocenters. The molecule has 0 bridgehead atoms. The largest absolute Gasteiger partial charge is 0.462 e. The van der Waals surface area contributed by atoms with Crippen molar-refractivity contribution in [3.63, 3.8) is 0 Å². The molecule has 1 aliphatic rings. The molecule has 1 aromatic carbocycles. The van der Waals surface area contributed by atoms with E-state index in [0.717, 1.165) is 36.0 Å². The van der Waals surface area contributed by atoms with Gasteiger partial charge in [-0.1, -0.05) is 17.7 Å². The van der Waals surface area contributed by atoms with E-state index in [4.69, 9.17) is 4.74 Å². The van der Waals surface area contributed by atoms with Crippen LogP contribution in [0.1, 0.15) is 55.6 Å². The predicted octanol–water partition coefficient (Wildman–Crippen LogP) is 4.28. The second kappa shape index (κ2) is 6.77. The van der Waals surface area contributed by atoms with E-state index in [1.807, 2.05) is 32.0 Å². The summed E-state index contributed by atoms with van der Waals surface area (Å²) in [4.78, 5) is 26.2. The van der Waals surface area contributed by atoms with Crippen LogP contribution in [-0.2, 0) is 17.6 Å². The number of fused-ring (bicyclic) bond motifs is 1. The number of thiophene rings is 1. The third kappa shape index (κ3) is 3.08. The molecule has 1 aromatic heterocycles. The number of hydrogen-bond acceptors (Lipinski definition) is 4. The standard InChI is InChI=1S/C19H21NO3S/c1-4-23-19(22)16-13-6-5-7-15(13)24-18(16)20-17(21)14-10-11(2)8-9-12(14)3/h8-10H,4-7H2,1-3H3,(H,20,21). The van der Waals surface area contributed by atoms with E-state index in [9.17, 15) is 9.59 Å². The molecular formula is C19H21NO3S. The van der Waals surface area contributed by atoms with E-state index >= 15 is 0 Å². The van der Waals surface area contributed by atoms with Crippen molar-refractivity contribution in [2.45, 2.75) is 40.0 Å². The predicted molar refractivity (Wildman–Crippen MR) is 96.2 cm³/mol. The van der Waals surface area contributed by atoms with Crippen LogP contribution in [0, 0.1) is 13.8 Å². The Kier molecular flexibility index (Phi) is 4.71. The fourth-order valence-corrected chi connectivity index (χ4v) is 4.33. The molecule has 3 rings (SSSR count). The van der Waals surface area contributed by atoms with Crippen molar-refractivity contribution in [3.05, 3.63) is 50.9 Å². The number of hydrogen-bond donors (Lipinski definition) is 1. The van der Waals surface area contributed by atoms with Gasteiger partial charge in [-0.3, -0.25) is 4.79 Å². The molecule has 126 valence electrons. The van der Waals surface area contributed by atoms with Gasteiger partial charge in [0, 0.05) is 10.4 Å². The Hall–Kier alpha value is -2.14. The normalized spacial score (nSPS) is 12.8. The third-order valence-electron chi connectivity index (χ3n) is 4.27. The van der Waals surface area contributed by atoms with E-state index in [0.29, 0.717) is 22.7 Å².